The SMILES string of the molecule is CCN(CC)C([S-])[S-].CCN(CC)C([S-])[S-].[Pt+4]. The summed E-state index contributed by atoms with van der Waals surface area (Å²) in [5.74, 6) is 0. The first-order valence-corrected chi connectivity index (χ1v) is 7.44. The summed E-state index contributed by atoms with van der Waals surface area (Å²) in [5, 5.41) is 0. The van der Waals surface area contributed by atoms with Crippen LogP contribution in [0.1, 0.15) is 27.7 Å². The Kier molecular flexibility index (Phi) is 22.7. The molecule has 0 N–H and O–H groups in total. The summed E-state index contributed by atoms with van der Waals surface area (Å²) in [4.78, 5) is 4.09. The predicted octanol–water partition coefficient (Wildman–Crippen LogP) is 1.41. The molecule has 7 heteroatoms. The van der Waals surface area contributed by atoms with Gasteiger partial charge in [-0.05, 0) is 26.2 Å². The molecule has 0 unspecified atom stereocenters. The Morgan fingerprint density at radius 2 is 0.824 bits per heavy atom. The van der Waals surface area contributed by atoms with Crippen LogP contribution in [0.2, 0.25) is 0 Å². The van der Waals surface area contributed by atoms with Gasteiger partial charge in [-0.1, -0.05) is 27.7 Å². The zero-order chi connectivity index (χ0) is 13.1. The molecule has 0 bridgehead atoms. The summed E-state index contributed by atoms with van der Waals surface area (Å²) in [5.41, 5.74) is 0. The molecular formula is C10H22N2PtS4. The Morgan fingerprint density at radius 1 is 0.647 bits per heavy atom. The maximum Gasteiger partial charge on any atom is 4.00 e. The molecule has 0 aliphatic rings. The Morgan fingerprint density at radius 3 is 0.824 bits per heavy atom. The van der Waals surface area contributed by atoms with Gasteiger partial charge in [-0.15, -0.1) is 0 Å². The molecule has 0 aromatic carbocycles. The van der Waals surface area contributed by atoms with E-state index in [1.807, 2.05) is 9.80 Å². The van der Waals surface area contributed by atoms with Gasteiger partial charge in [-0.3, -0.25) is 0 Å². The molecule has 0 heterocycles. The number of nitrogens with zero attached hydrogens (tertiary/aromatic N) is 2. The third kappa shape index (κ3) is 14.2. The first-order valence-electron chi connectivity index (χ1n) is 5.55. The van der Waals surface area contributed by atoms with Crippen molar-refractivity contribution in [1.82, 2.24) is 9.80 Å². The van der Waals surface area contributed by atoms with Gasteiger partial charge >= 0.3 is 21.1 Å². The van der Waals surface area contributed by atoms with E-state index in [0.29, 0.717) is 0 Å². The number of hydrogen-bond donors (Lipinski definition) is 0. The van der Waals surface area contributed by atoms with Crippen LogP contribution in [0, 0.1) is 0 Å². The van der Waals surface area contributed by atoms with E-state index >= 15 is 0 Å². The van der Waals surface area contributed by atoms with Crippen LogP contribution >= 0.6 is 0 Å². The van der Waals surface area contributed by atoms with E-state index in [2.05, 4.69) is 27.7 Å². The molecule has 2 nitrogen and oxygen atoms in total. The van der Waals surface area contributed by atoms with Crippen molar-refractivity contribution in [2.45, 2.75) is 37.1 Å². The molecule has 0 fully saturated rings. The van der Waals surface area contributed by atoms with Crippen molar-refractivity contribution >= 4 is 50.5 Å². The largest absolute Gasteiger partial charge is 4.00 e. The first-order chi connectivity index (χ1) is 7.44. The zero-order valence-corrected chi connectivity index (χ0v) is 16.4. The Bertz CT molecular complexity index is 126. The normalized spacial score (nSPS) is 10.6. The van der Waals surface area contributed by atoms with Crippen molar-refractivity contribution in [2.75, 3.05) is 26.2 Å². The van der Waals surface area contributed by atoms with Gasteiger partial charge < -0.3 is 60.3 Å². The third-order valence-corrected chi connectivity index (χ3v) is 3.41. The summed E-state index contributed by atoms with van der Waals surface area (Å²) < 4.78 is -0.241. The first kappa shape index (κ1) is 24.1. The maximum absolute atomic E-state index is 4.84. The molecular weight excluding hydrogens is 471 g/mol. The topological polar surface area (TPSA) is 6.48 Å². The van der Waals surface area contributed by atoms with Crippen molar-refractivity contribution < 1.29 is 21.1 Å². The number of hydrogen-bond acceptors (Lipinski definition) is 6. The van der Waals surface area contributed by atoms with Crippen LogP contribution in [-0.4, -0.2) is 45.4 Å². The van der Waals surface area contributed by atoms with Gasteiger partial charge in [0.1, 0.15) is 0 Å². The molecule has 0 saturated carbocycles. The van der Waals surface area contributed by atoms with Crippen LogP contribution in [0.15, 0.2) is 0 Å². The van der Waals surface area contributed by atoms with E-state index in [1.54, 1.807) is 0 Å². The van der Waals surface area contributed by atoms with Crippen molar-refractivity contribution in [3.05, 3.63) is 0 Å². The monoisotopic (exact) mass is 493 g/mol. The molecule has 17 heavy (non-hydrogen) atoms. The summed E-state index contributed by atoms with van der Waals surface area (Å²) in [6.07, 6.45) is 0. The van der Waals surface area contributed by atoms with Crippen molar-refractivity contribution in [1.29, 1.82) is 0 Å². The summed E-state index contributed by atoms with van der Waals surface area (Å²) >= 11 is 19.4. The molecule has 0 aliphatic heterocycles. The molecule has 0 aromatic rings. The molecule has 0 aromatic heterocycles. The molecule has 0 atom stereocenters. The van der Waals surface area contributed by atoms with Gasteiger partial charge in [0.15, 0.2) is 0 Å². The Hall–Kier alpha value is 2.01. The van der Waals surface area contributed by atoms with Crippen LogP contribution in [-0.2, 0) is 71.6 Å². The standard InChI is InChI=1S/2C5H13NS2.Pt/c2*1-3-6(4-2)5(7)8;/h2*5,7-8H,3-4H2,1-2H3;/q;;+4/p-4. The second kappa shape index (κ2) is 16.1. The molecule has 0 radical (unpaired) electrons. The third-order valence-electron chi connectivity index (χ3n) is 2.22. The van der Waals surface area contributed by atoms with E-state index in [0.717, 1.165) is 26.2 Å². The minimum absolute atomic E-state index is 0. The van der Waals surface area contributed by atoms with E-state index in [9.17, 15) is 0 Å². The van der Waals surface area contributed by atoms with Crippen LogP contribution in [0.5, 0.6) is 0 Å². The van der Waals surface area contributed by atoms with Gasteiger partial charge in [-0.2, -0.15) is 0 Å². The van der Waals surface area contributed by atoms with E-state index in [4.69, 9.17) is 50.5 Å². The zero-order valence-electron chi connectivity index (χ0n) is 10.8. The van der Waals surface area contributed by atoms with Crippen LogP contribution in [0.3, 0.4) is 0 Å². The minimum atomic E-state index is -0.120. The van der Waals surface area contributed by atoms with Crippen LogP contribution < -0.4 is 0 Å². The van der Waals surface area contributed by atoms with E-state index < -0.39 is 0 Å². The van der Waals surface area contributed by atoms with E-state index in [1.165, 1.54) is 0 Å². The second-order valence-corrected chi connectivity index (χ2v) is 5.44. The molecule has 0 amide bonds. The summed E-state index contributed by atoms with van der Waals surface area (Å²) in [6, 6.07) is 0. The summed E-state index contributed by atoms with van der Waals surface area (Å²) in [7, 11) is 0. The fraction of sp³-hybridized carbons (Fsp3) is 1.00. The van der Waals surface area contributed by atoms with Gasteiger partial charge in [0.05, 0.1) is 0 Å². The number of rotatable bonds is 6. The fourth-order valence-electron chi connectivity index (χ4n) is 1.04. The van der Waals surface area contributed by atoms with Crippen LogP contribution in [0.25, 0.3) is 0 Å². The quantitative estimate of drug-likeness (QED) is 0.513. The Balaban J connectivity index is -0.000000218. The molecule has 0 aliphatic carbocycles. The van der Waals surface area contributed by atoms with Crippen LogP contribution in [0.4, 0.5) is 0 Å². The average molecular weight is 494 g/mol. The Labute approximate surface area is 144 Å². The molecule has 106 valence electrons. The van der Waals surface area contributed by atoms with Gasteiger partial charge in [0.2, 0.25) is 0 Å². The predicted molar refractivity (Wildman–Crippen MR) is 82.9 cm³/mol. The fourth-order valence-corrected chi connectivity index (χ4v) is 2.24. The minimum Gasteiger partial charge on any atom is -0.800 e. The molecule has 0 rings (SSSR count). The second-order valence-electron chi connectivity index (χ2n) is 3.06. The molecule has 0 spiro atoms. The van der Waals surface area contributed by atoms with Crippen molar-refractivity contribution in [3.63, 3.8) is 0 Å². The van der Waals surface area contributed by atoms with E-state index in [-0.39, 0.29) is 30.5 Å². The summed E-state index contributed by atoms with van der Waals surface area (Å²) in [6.45, 7) is 12.1. The molecule has 0 saturated heterocycles. The van der Waals surface area contributed by atoms with Crippen molar-refractivity contribution in [2.24, 2.45) is 0 Å². The smallest absolute Gasteiger partial charge is 0.800 e. The van der Waals surface area contributed by atoms with Gasteiger partial charge in [0.25, 0.3) is 0 Å². The van der Waals surface area contributed by atoms with Crippen molar-refractivity contribution in [3.8, 4) is 0 Å². The maximum atomic E-state index is 4.84. The van der Waals surface area contributed by atoms with Gasteiger partial charge in [-0.25, -0.2) is 9.41 Å². The van der Waals surface area contributed by atoms with Gasteiger partial charge in [0, 0.05) is 0 Å². The average Bonchev–Trinajstić information content (AvgIpc) is 2.21.